The van der Waals surface area contributed by atoms with Crippen LogP contribution >= 0.6 is 0 Å². The van der Waals surface area contributed by atoms with Crippen LogP contribution in [0, 0.1) is 11.8 Å². The first-order valence-corrected chi connectivity index (χ1v) is 8.95. The van der Waals surface area contributed by atoms with E-state index in [4.69, 9.17) is 5.14 Å². The van der Waals surface area contributed by atoms with Crippen LogP contribution in [-0.4, -0.2) is 32.4 Å². The van der Waals surface area contributed by atoms with Crippen molar-refractivity contribution in [2.45, 2.75) is 31.7 Å². The van der Waals surface area contributed by atoms with E-state index < -0.39 is 10.0 Å². The lowest BCUT2D eigenvalue weighted by Gasteiger charge is -2.34. The van der Waals surface area contributed by atoms with Gasteiger partial charge in [0, 0.05) is 19.6 Å². The standard InChI is InChI=1S/C15H23N3O3S/c1-11-6-12(2)10-18(9-11)15(19)17-8-13-4-3-5-14(7-13)22(16,20)21/h3-5,7,11-12H,6,8-10H2,1-2H3,(H,17,19)(H2,16,20,21). The fraction of sp³-hybridized carbons (Fsp3) is 0.533. The zero-order valence-electron chi connectivity index (χ0n) is 13.0. The number of amides is 2. The van der Waals surface area contributed by atoms with Crippen LogP contribution in [0.4, 0.5) is 4.79 Å². The number of carbonyl (C=O) groups excluding carboxylic acids is 1. The van der Waals surface area contributed by atoms with Crippen molar-refractivity contribution in [3.05, 3.63) is 29.8 Å². The Morgan fingerprint density at radius 1 is 1.32 bits per heavy atom. The lowest BCUT2D eigenvalue weighted by Crippen LogP contribution is -2.47. The molecule has 6 nitrogen and oxygen atoms in total. The van der Waals surface area contributed by atoms with Crippen molar-refractivity contribution >= 4 is 16.1 Å². The molecule has 1 heterocycles. The lowest BCUT2D eigenvalue weighted by atomic mass is 9.92. The van der Waals surface area contributed by atoms with E-state index in [1.54, 1.807) is 12.1 Å². The smallest absolute Gasteiger partial charge is 0.317 e. The highest BCUT2D eigenvalue weighted by Gasteiger charge is 2.25. The van der Waals surface area contributed by atoms with E-state index in [2.05, 4.69) is 19.2 Å². The van der Waals surface area contributed by atoms with Crippen LogP contribution in [0.5, 0.6) is 0 Å². The molecule has 1 fully saturated rings. The number of urea groups is 1. The van der Waals surface area contributed by atoms with Gasteiger partial charge in [-0.25, -0.2) is 18.4 Å². The third-order valence-electron chi connectivity index (χ3n) is 3.83. The Bertz CT molecular complexity index is 635. The van der Waals surface area contributed by atoms with E-state index in [0.717, 1.165) is 19.5 Å². The van der Waals surface area contributed by atoms with Gasteiger partial charge in [-0.05, 0) is 36.0 Å². The molecule has 1 saturated heterocycles. The fourth-order valence-corrected chi connectivity index (χ4v) is 3.53. The molecule has 1 aromatic rings. The summed E-state index contributed by atoms with van der Waals surface area (Å²) in [5, 5.41) is 7.95. The van der Waals surface area contributed by atoms with Gasteiger partial charge in [-0.2, -0.15) is 0 Å². The maximum Gasteiger partial charge on any atom is 0.317 e. The van der Waals surface area contributed by atoms with Gasteiger partial charge in [0.2, 0.25) is 10.0 Å². The molecule has 1 aliphatic rings. The minimum atomic E-state index is -3.72. The fourth-order valence-electron chi connectivity index (χ4n) is 2.95. The molecule has 0 saturated carbocycles. The molecule has 22 heavy (non-hydrogen) atoms. The highest BCUT2D eigenvalue weighted by atomic mass is 32.2. The first kappa shape index (κ1) is 16.8. The van der Waals surface area contributed by atoms with Crippen LogP contribution in [-0.2, 0) is 16.6 Å². The largest absolute Gasteiger partial charge is 0.334 e. The summed E-state index contributed by atoms with van der Waals surface area (Å²) in [7, 11) is -3.72. The molecule has 2 amide bonds. The predicted molar refractivity (Wildman–Crippen MR) is 84.6 cm³/mol. The van der Waals surface area contributed by atoms with E-state index >= 15 is 0 Å². The molecule has 122 valence electrons. The molecule has 0 spiro atoms. The molecule has 1 aliphatic heterocycles. The summed E-state index contributed by atoms with van der Waals surface area (Å²) in [4.78, 5) is 14.1. The molecule has 7 heteroatoms. The van der Waals surface area contributed by atoms with Crippen molar-refractivity contribution in [1.29, 1.82) is 0 Å². The quantitative estimate of drug-likeness (QED) is 0.882. The van der Waals surface area contributed by atoms with E-state index in [0.29, 0.717) is 17.4 Å². The summed E-state index contributed by atoms with van der Waals surface area (Å²) in [6.07, 6.45) is 1.14. The number of benzene rings is 1. The molecule has 0 aliphatic carbocycles. The molecule has 3 N–H and O–H groups in total. The highest BCUT2D eigenvalue weighted by Crippen LogP contribution is 2.20. The van der Waals surface area contributed by atoms with Gasteiger partial charge in [0.25, 0.3) is 0 Å². The number of hydrogen-bond donors (Lipinski definition) is 2. The molecular weight excluding hydrogens is 302 g/mol. The number of piperidine rings is 1. The van der Waals surface area contributed by atoms with E-state index in [9.17, 15) is 13.2 Å². The maximum atomic E-state index is 12.2. The van der Waals surface area contributed by atoms with Gasteiger partial charge in [0.05, 0.1) is 4.90 Å². The van der Waals surface area contributed by atoms with Crippen molar-refractivity contribution in [1.82, 2.24) is 10.2 Å². The Balaban J connectivity index is 1.97. The van der Waals surface area contributed by atoms with Gasteiger partial charge >= 0.3 is 6.03 Å². The molecule has 2 atom stereocenters. The highest BCUT2D eigenvalue weighted by molar-refractivity contribution is 7.89. The number of nitrogens with one attached hydrogen (secondary N) is 1. The van der Waals surface area contributed by atoms with Gasteiger partial charge in [0.15, 0.2) is 0 Å². The summed E-state index contributed by atoms with van der Waals surface area (Å²) in [5.74, 6) is 1.00. The van der Waals surface area contributed by atoms with Gasteiger partial charge < -0.3 is 10.2 Å². The van der Waals surface area contributed by atoms with Crippen LogP contribution < -0.4 is 10.5 Å². The van der Waals surface area contributed by atoms with Crippen LogP contribution in [0.3, 0.4) is 0 Å². The Morgan fingerprint density at radius 2 is 1.95 bits per heavy atom. The predicted octanol–water partition coefficient (Wildman–Crippen LogP) is 1.52. The normalized spacial score (nSPS) is 22.4. The van der Waals surface area contributed by atoms with Crippen LogP contribution in [0.25, 0.3) is 0 Å². The molecule has 2 unspecified atom stereocenters. The monoisotopic (exact) mass is 325 g/mol. The first-order valence-electron chi connectivity index (χ1n) is 7.40. The number of nitrogens with two attached hydrogens (primary N) is 1. The Labute approximate surface area is 131 Å². The average Bonchev–Trinajstić information content (AvgIpc) is 2.43. The number of carbonyl (C=O) groups is 1. The van der Waals surface area contributed by atoms with Gasteiger partial charge in [-0.1, -0.05) is 26.0 Å². The Hall–Kier alpha value is -1.60. The SMILES string of the molecule is CC1CC(C)CN(C(=O)NCc2cccc(S(N)(=O)=O)c2)C1. The van der Waals surface area contributed by atoms with E-state index in [1.165, 1.54) is 12.1 Å². The molecule has 1 aromatic carbocycles. The van der Waals surface area contributed by atoms with Crippen molar-refractivity contribution in [3.8, 4) is 0 Å². The number of primary sulfonamides is 1. The minimum Gasteiger partial charge on any atom is -0.334 e. The second kappa shape index (κ2) is 6.66. The summed E-state index contributed by atoms with van der Waals surface area (Å²) in [6.45, 7) is 6.08. The second-order valence-corrected chi connectivity index (χ2v) is 7.76. The van der Waals surface area contributed by atoms with E-state index in [1.807, 2.05) is 4.90 Å². The van der Waals surface area contributed by atoms with E-state index in [-0.39, 0.29) is 17.5 Å². The molecule has 0 bridgehead atoms. The van der Waals surface area contributed by atoms with Crippen molar-refractivity contribution in [2.24, 2.45) is 17.0 Å². The number of nitrogens with zero attached hydrogens (tertiary/aromatic N) is 1. The van der Waals surface area contributed by atoms with Gasteiger partial charge in [0.1, 0.15) is 0 Å². The Kier molecular flexibility index (Phi) is 5.08. The van der Waals surface area contributed by atoms with Crippen molar-refractivity contribution in [3.63, 3.8) is 0 Å². The Morgan fingerprint density at radius 3 is 2.55 bits per heavy atom. The van der Waals surface area contributed by atoms with Crippen molar-refractivity contribution < 1.29 is 13.2 Å². The summed E-state index contributed by atoms with van der Waals surface area (Å²) >= 11 is 0. The number of likely N-dealkylation sites (tertiary alicyclic amines) is 1. The van der Waals surface area contributed by atoms with Crippen LogP contribution in [0.2, 0.25) is 0 Å². The maximum absolute atomic E-state index is 12.2. The lowest BCUT2D eigenvalue weighted by molar-refractivity contribution is 0.146. The zero-order chi connectivity index (χ0) is 16.3. The second-order valence-electron chi connectivity index (χ2n) is 6.20. The zero-order valence-corrected chi connectivity index (χ0v) is 13.8. The van der Waals surface area contributed by atoms with Crippen LogP contribution in [0.15, 0.2) is 29.2 Å². The van der Waals surface area contributed by atoms with Crippen molar-refractivity contribution in [2.75, 3.05) is 13.1 Å². The third kappa shape index (κ3) is 4.45. The van der Waals surface area contributed by atoms with Gasteiger partial charge in [-0.3, -0.25) is 0 Å². The van der Waals surface area contributed by atoms with Gasteiger partial charge in [-0.15, -0.1) is 0 Å². The summed E-state index contributed by atoms with van der Waals surface area (Å²) in [6, 6.07) is 6.19. The average molecular weight is 325 g/mol. The molecular formula is C15H23N3O3S. The molecule has 0 aromatic heterocycles. The number of sulfonamides is 1. The molecule has 2 rings (SSSR count). The summed E-state index contributed by atoms with van der Waals surface area (Å²) in [5.41, 5.74) is 0.706. The van der Waals surface area contributed by atoms with Crippen LogP contribution in [0.1, 0.15) is 25.8 Å². The minimum absolute atomic E-state index is 0.0551. The molecule has 0 radical (unpaired) electrons. The third-order valence-corrected chi connectivity index (χ3v) is 4.74. The first-order chi connectivity index (χ1) is 10.3. The summed E-state index contributed by atoms with van der Waals surface area (Å²) < 4.78 is 22.6. The number of rotatable bonds is 3. The number of hydrogen-bond acceptors (Lipinski definition) is 3. The topological polar surface area (TPSA) is 92.5 Å².